The maximum absolute atomic E-state index is 11.2. The first-order valence-corrected chi connectivity index (χ1v) is 6.40. The normalized spacial score (nSPS) is 13.1. The molecule has 0 aliphatic heterocycles. The predicted octanol–water partition coefficient (Wildman–Crippen LogP) is 4.09. The highest BCUT2D eigenvalue weighted by Gasteiger charge is 2.25. The molecule has 0 aromatic heterocycles. The van der Waals surface area contributed by atoms with Crippen molar-refractivity contribution in [3.05, 3.63) is 0 Å². The standard InChI is InChI=1S/C13H26O2/c1-4-7-10-12(13(14)15)11(8-5-2)9-6-3/h11-12H,4-10H2,1-3H3,(H,14,15). The molecular formula is C13H26O2. The van der Waals surface area contributed by atoms with Gasteiger partial charge < -0.3 is 5.11 Å². The van der Waals surface area contributed by atoms with Crippen LogP contribution in [0.3, 0.4) is 0 Å². The fourth-order valence-electron chi connectivity index (χ4n) is 2.27. The Labute approximate surface area is 94.1 Å². The van der Waals surface area contributed by atoms with Gasteiger partial charge in [-0.1, -0.05) is 46.5 Å². The molecule has 1 unspecified atom stereocenters. The largest absolute Gasteiger partial charge is 0.481 e. The summed E-state index contributed by atoms with van der Waals surface area (Å²) in [5, 5.41) is 9.22. The van der Waals surface area contributed by atoms with E-state index in [4.69, 9.17) is 0 Å². The Morgan fingerprint density at radius 2 is 1.53 bits per heavy atom. The summed E-state index contributed by atoms with van der Waals surface area (Å²) in [4.78, 5) is 11.2. The lowest BCUT2D eigenvalue weighted by atomic mass is 9.82. The monoisotopic (exact) mass is 214 g/mol. The number of rotatable bonds is 9. The van der Waals surface area contributed by atoms with Crippen LogP contribution in [0.25, 0.3) is 0 Å². The highest BCUT2D eigenvalue weighted by Crippen LogP contribution is 2.27. The average Bonchev–Trinajstić information content (AvgIpc) is 2.18. The Kier molecular flexibility index (Phi) is 8.44. The molecule has 0 saturated carbocycles. The smallest absolute Gasteiger partial charge is 0.306 e. The summed E-state index contributed by atoms with van der Waals surface area (Å²) < 4.78 is 0. The van der Waals surface area contributed by atoms with Gasteiger partial charge in [0, 0.05) is 0 Å². The van der Waals surface area contributed by atoms with Gasteiger partial charge in [0.1, 0.15) is 0 Å². The van der Waals surface area contributed by atoms with Gasteiger partial charge in [0.25, 0.3) is 0 Å². The van der Waals surface area contributed by atoms with Gasteiger partial charge in [-0.3, -0.25) is 4.79 Å². The third-order valence-corrected chi connectivity index (χ3v) is 3.07. The Balaban J connectivity index is 4.30. The summed E-state index contributed by atoms with van der Waals surface area (Å²) in [5.41, 5.74) is 0. The maximum Gasteiger partial charge on any atom is 0.306 e. The summed E-state index contributed by atoms with van der Waals surface area (Å²) in [5.74, 6) is -0.302. The van der Waals surface area contributed by atoms with Crippen LogP contribution in [-0.4, -0.2) is 11.1 Å². The van der Waals surface area contributed by atoms with Crippen molar-refractivity contribution in [2.45, 2.75) is 65.7 Å². The lowest BCUT2D eigenvalue weighted by Gasteiger charge is -2.23. The zero-order valence-corrected chi connectivity index (χ0v) is 10.5. The van der Waals surface area contributed by atoms with Crippen molar-refractivity contribution in [2.24, 2.45) is 11.8 Å². The van der Waals surface area contributed by atoms with Crippen molar-refractivity contribution in [2.75, 3.05) is 0 Å². The minimum atomic E-state index is -0.588. The summed E-state index contributed by atoms with van der Waals surface area (Å²) in [6.45, 7) is 6.40. The van der Waals surface area contributed by atoms with Gasteiger partial charge >= 0.3 is 5.97 Å². The molecule has 0 aliphatic carbocycles. The minimum absolute atomic E-state index is 0.107. The molecule has 1 atom stereocenters. The van der Waals surface area contributed by atoms with Crippen molar-refractivity contribution in [1.82, 2.24) is 0 Å². The lowest BCUT2D eigenvalue weighted by Crippen LogP contribution is -2.23. The second kappa shape index (κ2) is 8.75. The van der Waals surface area contributed by atoms with Crippen molar-refractivity contribution in [1.29, 1.82) is 0 Å². The fraction of sp³-hybridized carbons (Fsp3) is 0.923. The van der Waals surface area contributed by atoms with Gasteiger partial charge in [-0.05, 0) is 25.2 Å². The van der Waals surface area contributed by atoms with Crippen LogP contribution < -0.4 is 0 Å². The zero-order valence-electron chi connectivity index (χ0n) is 10.5. The molecule has 15 heavy (non-hydrogen) atoms. The number of hydrogen-bond acceptors (Lipinski definition) is 1. The van der Waals surface area contributed by atoms with E-state index < -0.39 is 5.97 Å². The Morgan fingerprint density at radius 3 is 1.87 bits per heavy atom. The second-order valence-electron chi connectivity index (χ2n) is 4.42. The first-order valence-electron chi connectivity index (χ1n) is 6.40. The fourth-order valence-corrected chi connectivity index (χ4v) is 2.27. The van der Waals surface area contributed by atoms with Crippen LogP contribution in [0, 0.1) is 11.8 Å². The molecule has 0 heterocycles. The quantitative estimate of drug-likeness (QED) is 0.627. The molecule has 0 rings (SSSR count). The van der Waals surface area contributed by atoms with E-state index in [2.05, 4.69) is 20.8 Å². The van der Waals surface area contributed by atoms with Crippen LogP contribution in [0.5, 0.6) is 0 Å². The zero-order chi connectivity index (χ0) is 11.7. The summed E-state index contributed by atoms with van der Waals surface area (Å²) in [6, 6.07) is 0. The SMILES string of the molecule is CCCCC(C(=O)O)C(CCC)CCC. The van der Waals surface area contributed by atoms with Crippen molar-refractivity contribution >= 4 is 5.97 Å². The molecule has 0 aromatic rings. The summed E-state index contributed by atoms with van der Waals surface area (Å²) in [7, 11) is 0. The first-order chi connectivity index (χ1) is 7.17. The minimum Gasteiger partial charge on any atom is -0.481 e. The van der Waals surface area contributed by atoms with Gasteiger partial charge in [-0.2, -0.15) is 0 Å². The molecule has 90 valence electrons. The molecule has 1 N–H and O–H groups in total. The van der Waals surface area contributed by atoms with E-state index in [9.17, 15) is 9.90 Å². The number of carboxylic acids is 1. The number of aliphatic carboxylic acids is 1. The predicted molar refractivity (Wildman–Crippen MR) is 64.0 cm³/mol. The molecule has 0 spiro atoms. The molecular weight excluding hydrogens is 188 g/mol. The molecule has 0 aliphatic rings. The Bertz CT molecular complexity index is 160. The van der Waals surface area contributed by atoms with Gasteiger partial charge in [-0.15, -0.1) is 0 Å². The number of unbranched alkanes of at least 4 members (excludes halogenated alkanes) is 1. The molecule has 0 saturated heterocycles. The van der Waals surface area contributed by atoms with Crippen LogP contribution in [0.15, 0.2) is 0 Å². The molecule has 0 fully saturated rings. The first kappa shape index (κ1) is 14.5. The number of carboxylic acid groups (broad SMARTS) is 1. The van der Waals surface area contributed by atoms with E-state index in [-0.39, 0.29) is 5.92 Å². The van der Waals surface area contributed by atoms with Crippen molar-refractivity contribution in [3.8, 4) is 0 Å². The van der Waals surface area contributed by atoms with Gasteiger partial charge in [-0.25, -0.2) is 0 Å². The van der Waals surface area contributed by atoms with E-state index in [1.54, 1.807) is 0 Å². The van der Waals surface area contributed by atoms with Crippen LogP contribution in [0.2, 0.25) is 0 Å². The van der Waals surface area contributed by atoms with Crippen molar-refractivity contribution < 1.29 is 9.90 Å². The highest BCUT2D eigenvalue weighted by molar-refractivity contribution is 5.70. The molecule has 2 nitrogen and oxygen atoms in total. The van der Waals surface area contributed by atoms with Crippen LogP contribution in [-0.2, 0) is 4.79 Å². The van der Waals surface area contributed by atoms with Crippen LogP contribution in [0.4, 0.5) is 0 Å². The third kappa shape index (κ3) is 5.81. The maximum atomic E-state index is 11.2. The van der Waals surface area contributed by atoms with Crippen LogP contribution in [0.1, 0.15) is 65.7 Å². The molecule has 0 radical (unpaired) electrons. The topological polar surface area (TPSA) is 37.3 Å². The van der Waals surface area contributed by atoms with Gasteiger partial charge in [0.05, 0.1) is 5.92 Å². The lowest BCUT2D eigenvalue weighted by molar-refractivity contribution is -0.144. The van der Waals surface area contributed by atoms with Crippen LogP contribution >= 0.6 is 0 Å². The molecule has 2 heteroatoms. The van der Waals surface area contributed by atoms with Gasteiger partial charge in [0.15, 0.2) is 0 Å². The third-order valence-electron chi connectivity index (χ3n) is 3.07. The van der Waals surface area contributed by atoms with E-state index in [0.717, 1.165) is 44.9 Å². The van der Waals surface area contributed by atoms with E-state index in [1.165, 1.54) is 0 Å². The molecule has 0 bridgehead atoms. The number of carbonyl (C=O) groups is 1. The Hall–Kier alpha value is -0.530. The molecule has 0 amide bonds. The average molecular weight is 214 g/mol. The van der Waals surface area contributed by atoms with Crippen molar-refractivity contribution in [3.63, 3.8) is 0 Å². The van der Waals surface area contributed by atoms with E-state index in [1.807, 2.05) is 0 Å². The second-order valence-corrected chi connectivity index (χ2v) is 4.42. The van der Waals surface area contributed by atoms with Gasteiger partial charge in [0.2, 0.25) is 0 Å². The molecule has 0 aromatic carbocycles. The summed E-state index contributed by atoms with van der Waals surface area (Å²) in [6.07, 6.45) is 7.32. The number of hydrogen-bond donors (Lipinski definition) is 1. The summed E-state index contributed by atoms with van der Waals surface area (Å²) >= 11 is 0. The van der Waals surface area contributed by atoms with E-state index >= 15 is 0 Å². The van der Waals surface area contributed by atoms with E-state index in [0.29, 0.717) is 5.92 Å². The highest BCUT2D eigenvalue weighted by atomic mass is 16.4. The Morgan fingerprint density at radius 1 is 1.00 bits per heavy atom.